The minimum absolute atomic E-state index is 0.454. The molecule has 0 aliphatic heterocycles. The average Bonchev–Trinajstić information content (AvgIpc) is 3.12. The summed E-state index contributed by atoms with van der Waals surface area (Å²) in [4.78, 5) is 0. The fourth-order valence-electron chi connectivity index (χ4n) is 3.13. The maximum absolute atomic E-state index is 5.41. The summed E-state index contributed by atoms with van der Waals surface area (Å²) in [6.45, 7) is 2.65. The molecule has 3 rings (SSSR count). The molecule has 5 heteroatoms. The van der Waals surface area contributed by atoms with Gasteiger partial charge >= 0.3 is 0 Å². The summed E-state index contributed by atoms with van der Waals surface area (Å²) in [6, 6.07) is 8.25. The smallest absolute Gasteiger partial charge is 0.187 e. The monoisotopic (exact) mass is 315 g/mol. The number of ether oxygens (including phenoxy) is 1. The van der Waals surface area contributed by atoms with Crippen LogP contribution in [0.15, 0.2) is 41.5 Å². The third-order valence-electron chi connectivity index (χ3n) is 4.17. The van der Waals surface area contributed by atoms with Crippen LogP contribution in [0.1, 0.15) is 25.3 Å². The molecule has 1 aromatic rings. The SMILES string of the molecule is CCOc1ccc(/C=N\NC(=S)N[C@H]2C[C@H]3C=C[C@@H]2C3)cc1. The maximum Gasteiger partial charge on any atom is 0.187 e. The molecule has 0 amide bonds. The summed E-state index contributed by atoms with van der Waals surface area (Å²) in [5.74, 6) is 2.23. The molecule has 1 fully saturated rings. The number of nitrogens with zero attached hydrogens (tertiary/aromatic N) is 1. The second kappa shape index (κ2) is 6.92. The molecule has 0 spiro atoms. The molecule has 2 aliphatic rings. The van der Waals surface area contributed by atoms with Crippen LogP contribution in [-0.2, 0) is 0 Å². The molecule has 0 saturated heterocycles. The Morgan fingerprint density at radius 3 is 2.77 bits per heavy atom. The van der Waals surface area contributed by atoms with Crippen LogP contribution in [0.4, 0.5) is 0 Å². The summed E-state index contributed by atoms with van der Waals surface area (Å²) in [6.07, 6.45) is 8.81. The van der Waals surface area contributed by atoms with Crippen molar-refractivity contribution >= 4 is 23.5 Å². The van der Waals surface area contributed by atoms with Gasteiger partial charge in [-0.3, -0.25) is 5.43 Å². The van der Waals surface area contributed by atoms with Gasteiger partial charge in [0.2, 0.25) is 0 Å². The third-order valence-corrected chi connectivity index (χ3v) is 4.38. The fraction of sp³-hybridized carbons (Fsp3) is 0.412. The van der Waals surface area contributed by atoms with Crippen LogP contribution in [0.3, 0.4) is 0 Å². The van der Waals surface area contributed by atoms with E-state index in [4.69, 9.17) is 17.0 Å². The van der Waals surface area contributed by atoms with E-state index in [0.29, 0.717) is 23.7 Å². The van der Waals surface area contributed by atoms with Gasteiger partial charge in [-0.25, -0.2) is 0 Å². The molecule has 2 bridgehead atoms. The standard InChI is InChI=1S/C17H21N3OS/c1-2-21-15-7-4-12(5-8-15)11-18-20-17(22)19-16-10-13-3-6-14(16)9-13/h3-8,11,13-14,16H,2,9-10H2,1H3,(H2,19,20,22)/b18-11-/t13-,14+,16-/m0/s1. The van der Waals surface area contributed by atoms with Crippen molar-refractivity contribution in [1.82, 2.24) is 10.7 Å². The predicted octanol–water partition coefficient (Wildman–Crippen LogP) is 2.85. The molecule has 2 N–H and O–H groups in total. The van der Waals surface area contributed by atoms with Gasteiger partial charge in [-0.1, -0.05) is 12.2 Å². The summed E-state index contributed by atoms with van der Waals surface area (Å²) >= 11 is 5.30. The lowest BCUT2D eigenvalue weighted by Crippen LogP contribution is -2.42. The van der Waals surface area contributed by atoms with E-state index in [-0.39, 0.29) is 0 Å². The minimum atomic E-state index is 0.454. The molecular weight excluding hydrogens is 294 g/mol. The average molecular weight is 315 g/mol. The van der Waals surface area contributed by atoms with Crippen LogP contribution >= 0.6 is 12.2 Å². The van der Waals surface area contributed by atoms with Crippen LogP contribution in [0.25, 0.3) is 0 Å². The molecule has 0 heterocycles. The molecule has 0 radical (unpaired) electrons. The van der Waals surface area contributed by atoms with Crippen molar-refractivity contribution < 1.29 is 4.74 Å². The molecule has 116 valence electrons. The lowest BCUT2D eigenvalue weighted by molar-refractivity contribution is 0.340. The zero-order chi connectivity index (χ0) is 15.4. The zero-order valence-corrected chi connectivity index (χ0v) is 13.5. The van der Waals surface area contributed by atoms with E-state index in [9.17, 15) is 0 Å². The summed E-state index contributed by atoms with van der Waals surface area (Å²) in [5.41, 5.74) is 3.89. The predicted molar refractivity (Wildman–Crippen MR) is 93.2 cm³/mol. The zero-order valence-electron chi connectivity index (χ0n) is 12.7. The summed E-state index contributed by atoms with van der Waals surface area (Å²) in [5, 5.41) is 8.13. The Bertz CT molecular complexity index is 582. The van der Waals surface area contributed by atoms with Gasteiger partial charge in [0.05, 0.1) is 12.8 Å². The van der Waals surface area contributed by atoms with E-state index in [2.05, 4.69) is 28.0 Å². The second-order valence-electron chi connectivity index (χ2n) is 5.73. The van der Waals surface area contributed by atoms with Crippen molar-refractivity contribution in [3.8, 4) is 5.75 Å². The highest BCUT2D eigenvalue weighted by atomic mass is 32.1. The lowest BCUT2D eigenvalue weighted by Gasteiger charge is -2.20. The van der Waals surface area contributed by atoms with Crippen molar-refractivity contribution in [3.63, 3.8) is 0 Å². The van der Waals surface area contributed by atoms with Gasteiger partial charge in [-0.2, -0.15) is 5.10 Å². The van der Waals surface area contributed by atoms with Crippen LogP contribution in [0.5, 0.6) is 5.75 Å². The molecule has 0 unspecified atom stereocenters. The minimum Gasteiger partial charge on any atom is -0.494 e. The molecule has 0 aromatic heterocycles. The van der Waals surface area contributed by atoms with E-state index in [1.165, 1.54) is 12.8 Å². The number of thiocarbonyl (C=S) groups is 1. The van der Waals surface area contributed by atoms with Crippen LogP contribution < -0.4 is 15.5 Å². The topological polar surface area (TPSA) is 45.6 Å². The molecule has 1 saturated carbocycles. The fourth-order valence-corrected chi connectivity index (χ4v) is 3.33. The molecule has 3 atom stereocenters. The quantitative estimate of drug-likeness (QED) is 0.380. The van der Waals surface area contributed by atoms with Crippen molar-refractivity contribution in [3.05, 3.63) is 42.0 Å². The number of hydrogen-bond acceptors (Lipinski definition) is 3. The van der Waals surface area contributed by atoms with E-state index >= 15 is 0 Å². The van der Waals surface area contributed by atoms with Gasteiger partial charge in [0, 0.05) is 6.04 Å². The Kier molecular flexibility index (Phi) is 4.73. The molecule has 22 heavy (non-hydrogen) atoms. The van der Waals surface area contributed by atoms with Gasteiger partial charge in [-0.05, 0) is 73.6 Å². The van der Waals surface area contributed by atoms with Gasteiger partial charge in [0.1, 0.15) is 5.75 Å². The molecule has 4 nitrogen and oxygen atoms in total. The number of allylic oxidation sites excluding steroid dienone is 1. The first-order valence-corrected chi connectivity index (χ1v) is 8.16. The summed E-state index contributed by atoms with van der Waals surface area (Å²) < 4.78 is 5.41. The molecule has 1 aromatic carbocycles. The molecular formula is C17H21N3OS. The van der Waals surface area contributed by atoms with Crippen LogP contribution in [0, 0.1) is 11.8 Å². The van der Waals surface area contributed by atoms with Crippen molar-refractivity contribution in [1.29, 1.82) is 0 Å². The number of hydrazone groups is 1. The van der Waals surface area contributed by atoms with Gasteiger partial charge < -0.3 is 10.1 Å². The van der Waals surface area contributed by atoms with E-state index in [0.717, 1.165) is 17.2 Å². The highest BCUT2D eigenvalue weighted by Gasteiger charge is 2.35. The highest BCUT2D eigenvalue weighted by Crippen LogP contribution is 2.38. The normalized spacial score (nSPS) is 25.6. The van der Waals surface area contributed by atoms with Crippen molar-refractivity contribution in [2.24, 2.45) is 16.9 Å². The first-order chi connectivity index (χ1) is 10.7. The van der Waals surface area contributed by atoms with Crippen LogP contribution in [0.2, 0.25) is 0 Å². The Morgan fingerprint density at radius 2 is 2.14 bits per heavy atom. The highest BCUT2D eigenvalue weighted by molar-refractivity contribution is 7.80. The second-order valence-corrected chi connectivity index (χ2v) is 6.14. The number of benzene rings is 1. The van der Waals surface area contributed by atoms with Crippen LogP contribution in [-0.4, -0.2) is 24.0 Å². The maximum atomic E-state index is 5.41. The summed E-state index contributed by atoms with van der Waals surface area (Å²) in [7, 11) is 0. The largest absolute Gasteiger partial charge is 0.494 e. The number of rotatable bonds is 5. The Balaban J connectivity index is 1.45. The van der Waals surface area contributed by atoms with E-state index in [1.807, 2.05) is 31.2 Å². The van der Waals surface area contributed by atoms with Crippen molar-refractivity contribution in [2.45, 2.75) is 25.8 Å². The Labute approximate surface area is 136 Å². The molecule has 2 aliphatic carbocycles. The lowest BCUT2D eigenvalue weighted by atomic mass is 10.0. The van der Waals surface area contributed by atoms with Gasteiger partial charge in [0.15, 0.2) is 5.11 Å². The first-order valence-electron chi connectivity index (χ1n) is 7.75. The van der Waals surface area contributed by atoms with E-state index in [1.54, 1.807) is 6.21 Å². The van der Waals surface area contributed by atoms with Crippen molar-refractivity contribution in [2.75, 3.05) is 6.61 Å². The number of nitrogens with one attached hydrogen (secondary N) is 2. The van der Waals surface area contributed by atoms with Gasteiger partial charge in [0.25, 0.3) is 0 Å². The van der Waals surface area contributed by atoms with Gasteiger partial charge in [-0.15, -0.1) is 0 Å². The number of hydrogen-bond donors (Lipinski definition) is 2. The Morgan fingerprint density at radius 1 is 1.32 bits per heavy atom. The number of fused-ring (bicyclic) bond motifs is 2. The van der Waals surface area contributed by atoms with E-state index < -0.39 is 0 Å². The third kappa shape index (κ3) is 3.65. The Hall–Kier alpha value is -1.88. The first kappa shape index (κ1) is 15.0.